The zero-order valence-electron chi connectivity index (χ0n) is 20.5. The van der Waals surface area contributed by atoms with E-state index in [0.717, 1.165) is 6.33 Å². The Kier molecular flexibility index (Phi) is 5.94. The maximum absolute atomic E-state index is 15.7. The SMILES string of the molecule is Nc1nc2c(ncn2[C@@H]2O[C@@H]3C(O)[C@]3(F)[C@H]2O[P@](=O)(S)OC[C@H]2O[C@@H](n3cnc4c(=O)[nH]cnc43)C[C@@H]2O)c(=O)[nH]1. The van der Waals surface area contributed by atoms with Crippen molar-refractivity contribution in [2.45, 2.75) is 55.1 Å². The number of nitrogens with one attached hydrogen (secondary N) is 2. The highest BCUT2D eigenvalue weighted by molar-refractivity contribution is 8.44. The first-order chi connectivity index (χ1) is 19.5. The van der Waals surface area contributed by atoms with Crippen LogP contribution < -0.4 is 16.9 Å². The van der Waals surface area contributed by atoms with Gasteiger partial charge >= 0.3 is 6.80 Å². The average Bonchev–Trinajstić information content (AvgIpc) is 3.49. The van der Waals surface area contributed by atoms with E-state index in [1.165, 1.54) is 21.8 Å². The van der Waals surface area contributed by atoms with Crippen molar-refractivity contribution in [2.24, 2.45) is 0 Å². The topological polar surface area (TPSA) is 248 Å². The standard InChI is InChI=1S/C20H21FN9O9PS/c21-20-11(32)12(20)38-18(30-5-26-10-15(30)27-19(22)28-17(10)34)13(20)39-40(35,41)36-2-7-6(31)1-8(37-7)29-4-25-9-14(29)23-3-24-16(9)33/h3-8,11-13,18,31-32H,1-2H2,(H,35,41)(H,23,24,33)(H3,22,27,28,34)/t6-,7+,8+,11?,12+,13-,18+,20+,40+/m0/s1. The Bertz CT molecular complexity index is 1850. The van der Waals surface area contributed by atoms with Gasteiger partial charge in [0, 0.05) is 6.42 Å². The number of nitrogens with two attached hydrogens (primary N) is 1. The number of nitrogen functional groups attached to an aromatic ring is 1. The summed E-state index contributed by atoms with van der Waals surface area (Å²) in [5.41, 5.74) is 2.20. The van der Waals surface area contributed by atoms with Gasteiger partial charge in [0.15, 0.2) is 40.3 Å². The Morgan fingerprint density at radius 3 is 2.68 bits per heavy atom. The number of rotatable bonds is 7. The molecule has 0 amide bonds. The molecule has 41 heavy (non-hydrogen) atoms. The van der Waals surface area contributed by atoms with E-state index >= 15 is 4.39 Å². The molecule has 0 aromatic carbocycles. The number of ether oxygens (including phenoxy) is 2. The van der Waals surface area contributed by atoms with Crippen LogP contribution in [0.2, 0.25) is 0 Å². The number of aromatic nitrogens is 8. The molecule has 6 N–H and O–H groups in total. The molecule has 21 heteroatoms. The van der Waals surface area contributed by atoms with Gasteiger partial charge in [0.25, 0.3) is 11.1 Å². The highest BCUT2D eigenvalue weighted by Gasteiger charge is 2.80. The molecule has 2 aliphatic heterocycles. The lowest BCUT2D eigenvalue weighted by Gasteiger charge is -2.28. The van der Waals surface area contributed by atoms with Crippen LogP contribution in [-0.4, -0.2) is 92.0 Å². The van der Waals surface area contributed by atoms with Gasteiger partial charge in [0.2, 0.25) is 5.95 Å². The van der Waals surface area contributed by atoms with Crippen molar-refractivity contribution in [3.05, 3.63) is 39.7 Å². The Morgan fingerprint density at radius 1 is 1.17 bits per heavy atom. The number of anilines is 1. The number of alkyl halides is 1. The number of thiol groups is 1. The summed E-state index contributed by atoms with van der Waals surface area (Å²) in [4.78, 5) is 44.9. The zero-order chi connectivity index (χ0) is 28.8. The summed E-state index contributed by atoms with van der Waals surface area (Å²) in [5.74, 6) is -0.234. The summed E-state index contributed by atoms with van der Waals surface area (Å²) >= 11 is 3.97. The third-order valence-electron chi connectivity index (χ3n) is 7.30. The number of nitrogens with zero attached hydrogens (tertiary/aromatic N) is 6. The van der Waals surface area contributed by atoms with Gasteiger partial charge in [-0.25, -0.2) is 23.9 Å². The van der Waals surface area contributed by atoms with Crippen LogP contribution in [0.15, 0.2) is 28.6 Å². The number of imidazole rings is 2. The Morgan fingerprint density at radius 2 is 1.90 bits per heavy atom. The van der Waals surface area contributed by atoms with Crippen LogP contribution in [0.1, 0.15) is 18.9 Å². The molecule has 0 radical (unpaired) electrons. The molecule has 6 heterocycles. The van der Waals surface area contributed by atoms with Gasteiger partial charge in [-0.05, 0) is 0 Å². The van der Waals surface area contributed by atoms with Crippen molar-refractivity contribution in [2.75, 3.05) is 12.3 Å². The number of hydrogen-bond donors (Lipinski definition) is 6. The minimum Gasteiger partial charge on any atom is -0.390 e. The number of halogens is 1. The second-order valence-electron chi connectivity index (χ2n) is 9.77. The number of aromatic amines is 2. The lowest BCUT2D eigenvalue weighted by Crippen LogP contribution is -2.36. The molecule has 2 saturated heterocycles. The van der Waals surface area contributed by atoms with Gasteiger partial charge in [-0.1, -0.05) is 12.2 Å². The molecule has 0 spiro atoms. The van der Waals surface area contributed by atoms with Crippen LogP contribution in [0.4, 0.5) is 10.3 Å². The molecule has 1 saturated carbocycles. The lowest BCUT2D eigenvalue weighted by molar-refractivity contribution is -0.0763. The number of fused-ring (bicyclic) bond motifs is 3. The molecule has 218 valence electrons. The predicted octanol–water partition coefficient (Wildman–Crippen LogP) is -1.10. The summed E-state index contributed by atoms with van der Waals surface area (Å²) in [6.07, 6.45) is -5.15. The molecule has 1 unspecified atom stereocenters. The fourth-order valence-electron chi connectivity index (χ4n) is 5.20. The number of aliphatic hydroxyl groups excluding tert-OH is 2. The molecule has 3 aliphatic rings. The molecule has 4 aromatic rings. The van der Waals surface area contributed by atoms with E-state index in [4.69, 9.17) is 24.3 Å². The molecule has 1 aliphatic carbocycles. The van der Waals surface area contributed by atoms with Gasteiger partial charge in [-0.15, -0.1) is 0 Å². The van der Waals surface area contributed by atoms with E-state index in [1.54, 1.807) is 0 Å². The molecule has 9 atom stereocenters. The fourth-order valence-corrected chi connectivity index (χ4v) is 6.66. The molecular weight excluding hydrogens is 592 g/mol. The van der Waals surface area contributed by atoms with E-state index < -0.39 is 73.2 Å². The molecule has 18 nitrogen and oxygen atoms in total. The molecule has 7 rings (SSSR count). The summed E-state index contributed by atoms with van der Waals surface area (Å²) in [5, 5.41) is 20.7. The summed E-state index contributed by atoms with van der Waals surface area (Å²) in [6, 6.07) is 0. The largest absolute Gasteiger partial charge is 0.390 e. The highest BCUT2D eigenvalue weighted by Crippen LogP contribution is 2.64. The van der Waals surface area contributed by atoms with Crippen molar-refractivity contribution in [3.8, 4) is 0 Å². The van der Waals surface area contributed by atoms with Gasteiger partial charge in [0.1, 0.15) is 24.5 Å². The van der Waals surface area contributed by atoms with Crippen LogP contribution in [0.3, 0.4) is 0 Å². The van der Waals surface area contributed by atoms with Crippen LogP contribution in [-0.2, 0) is 23.1 Å². The smallest absolute Gasteiger partial charge is 0.386 e. The number of aliphatic hydroxyl groups is 2. The fraction of sp³-hybridized carbons (Fsp3) is 0.500. The predicted molar refractivity (Wildman–Crippen MR) is 136 cm³/mol. The van der Waals surface area contributed by atoms with Crippen LogP contribution in [0.5, 0.6) is 0 Å². The minimum atomic E-state index is -4.40. The second kappa shape index (κ2) is 9.13. The first-order valence-corrected chi connectivity index (χ1v) is 14.8. The van der Waals surface area contributed by atoms with Crippen LogP contribution in [0.25, 0.3) is 22.3 Å². The minimum absolute atomic E-state index is 0.0591. The van der Waals surface area contributed by atoms with Gasteiger partial charge < -0.3 is 30.4 Å². The summed E-state index contributed by atoms with van der Waals surface area (Å²) in [7, 11) is 0. The van der Waals surface area contributed by atoms with E-state index in [-0.39, 0.29) is 34.7 Å². The lowest BCUT2D eigenvalue weighted by atomic mass is 10.2. The first-order valence-electron chi connectivity index (χ1n) is 12.1. The van der Waals surface area contributed by atoms with E-state index in [9.17, 15) is 24.4 Å². The third kappa shape index (κ3) is 4.13. The Labute approximate surface area is 231 Å². The van der Waals surface area contributed by atoms with E-state index in [1.807, 2.05) is 0 Å². The molecule has 4 aromatic heterocycles. The first kappa shape index (κ1) is 26.7. The van der Waals surface area contributed by atoms with E-state index in [2.05, 4.69) is 42.2 Å². The van der Waals surface area contributed by atoms with Crippen molar-refractivity contribution < 1.29 is 37.7 Å². The van der Waals surface area contributed by atoms with Gasteiger partial charge in [-0.3, -0.25) is 32.8 Å². The number of hydrogen-bond acceptors (Lipinski definition) is 14. The quantitative estimate of drug-likeness (QED) is 0.107. The van der Waals surface area contributed by atoms with Crippen LogP contribution in [0, 0.1) is 0 Å². The van der Waals surface area contributed by atoms with Crippen LogP contribution >= 0.6 is 19.0 Å². The van der Waals surface area contributed by atoms with Crippen molar-refractivity contribution in [1.29, 1.82) is 0 Å². The average molecular weight is 613 g/mol. The second-order valence-corrected chi connectivity index (χ2v) is 12.6. The van der Waals surface area contributed by atoms with E-state index in [0.29, 0.717) is 0 Å². The normalized spacial score (nSPS) is 34.3. The Balaban J connectivity index is 1.08. The molecular formula is C20H21FN9O9PS. The Hall–Kier alpha value is -3.23. The van der Waals surface area contributed by atoms with Crippen molar-refractivity contribution in [1.82, 2.24) is 39.0 Å². The van der Waals surface area contributed by atoms with Gasteiger partial charge in [-0.2, -0.15) is 4.98 Å². The maximum Gasteiger partial charge on any atom is 0.386 e. The molecule has 3 fully saturated rings. The highest BCUT2D eigenvalue weighted by atomic mass is 32.7. The van der Waals surface area contributed by atoms with Crippen molar-refractivity contribution in [3.63, 3.8) is 0 Å². The zero-order valence-corrected chi connectivity index (χ0v) is 22.3. The van der Waals surface area contributed by atoms with Gasteiger partial charge in [0.05, 0.1) is 31.7 Å². The number of H-pyrrole nitrogens is 2. The third-order valence-corrected chi connectivity index (χ3v) is 8.90. The summed E-state index contributed by atoms with van der Waals surface area (Å²) in [6.45, 7) is -4.88. The maximum atomic E-state index is 15.7. The summed E-state index contributed by atoms with van der Waals surface area (Å²) < 4.78 is 53.8. The van der Waals surface area contributed by atoms with Crippen molar-refractivity contribution >= 4 is 47.3 Å². The molecule has 0 bridgehead atoms. The monoisotopic (exact) mass is 613 g/mol.